The number of carbonyl (C=O) groups excluding carboxylic acids is 2. The Bertz CT molecular complexity index is 1090. The first-order valence-electron chi connectivity index (χ1n) is 12.2. The minimum absolute atomic E-state index is 0.0165. The molecule has 4 aliphatic rings. The fraction of sp³-hybridized carbons (Fsp3) is 0.429. The van der Waals surface area contributed by atoms with Crippen molar-refractivity contribution in [2.75, 3.05) is 0 Å². The number of amides is 2. The number of ether oxygens (including phenoxy) is 1. The summed E-state index contributed by atoms with van der Waals surface area (Å²) in [7, 11) is 0. The van der Waals surface area contributed by atoms with Gasteiger partial charge in [-0.05, 0) is 30.9 Å². The molecule has 3 fully saturated rings. The lowest BCUT2D eigenvalue weighted by molar-refractivity contribution is -0.140. The quantitative estimate of drug-likeness (QED) is 0.715. The maximum atomic E-state index is 14.0. The Morgan fingerprint density at radius 3 is 2.55 bits per heavy atom. The van der Waals surface area contributed by atoms with Crippen molar-refractivity contribution in [1.82, 2.24) is 10.2 Å². The third kappa shape index (κ3) is 3.24. The lowest BCUT2D eigenvalue weighted by Gasteiger charge is -2.33. The Balaban J connectivity index is 1.39. The van der Waals surface area contributed by atoms with E-state index >= 15 is 0 Å². The summed E-state index contributed by atoms with van der Waals surface area (Å²) in [6.07, 6.45) is 8.19. The second-order valence-corrected chi connectivity index (χ2v) is 10.1. The first-order valence-corrected chi connectivity index (χ1v) is 12.2. The fourth-order valence-electron chi connectivity index (χ4n) is 6.44. The summed E-state index contributed by atoms with van der Waals surface area (Å²) < 4.78 is 6.57. The van der Waals surface area contributed by atoms with Gasteiger partial charge in [-0.25, -0.2) is 0 Å². The van der Waals surface area contributed by atoms with Gasteiger partial charge in [0, 0.05) is 18.5 Å². The molecule has 5 heteroatoms. The zero-order valence-electron chi connectivity index (χ0n) is 18.9. The van der Waals surface area contributed by atoms with Gasteiger partial charge in [-0.1, -0.05) is 85.2 Å². The maximum Gasteiger partial charge on any atom is 0.246 e. The van der Waals surface area contributed by atoms with Crippen molar-refractivity contribution in [3.63, 3.8) is 0 Å². The zero-order chi connectivity index (χ0) is 22.6. The molecule has 5 nitrogen and oxygen atoms in total. The highest BCUT2D eigenvalue weighted by molar-refractivity contribution is 5.97. The molecule has 0 aromatic heterocycles. The molecule has 1 saturated carbocycles. The van der Waals surface area contributed by atoms with Crippen molar-refractivity contribution in [2.45, 2.75) is 68.9 Å². The van der Waals surface area contributed by atoms with E-state index in [0.717, 1.165) is 36.8 Å². The molecule has 1 aliphatic carbocycles. The van der Waals surface area contributed by atoms with E-state index in [9.17, 15) is 9.59 Å². The molecule has 0 radical (unpaired) electrons. The molecule has 1 spiro atoms. The first kappa shape index (κ1) is 20.7. The summed E-state index contributed by atoms with van der Waals surface area (Å²) in [5, 5.41) is 3.26. The monoisotopic (exact) mass is 442 g/mol. The number of hydrogen-bond donors (Lipinski definition) is 1. The number of fused-ring (bicyclic) bond motifs is 1. The normalized spacial score (nSPS) is 32.5. The highest BCUT2D eigenvalue weighted by Crippen LogP contribution is 2.58. The van der Waals surface area contributed by atoms with Crippen molar-refractivity contribution in [2.24, 2.45) is 5.92 Å². The second kappa shape index (κ2) is 7.84. The number of nitrogens with one attached hydrogen (secondary N) is 1. The number of carbonyl (C=O) groups is 2. The summed E-state index contributed by atoms with van der Waals surface area (Å²) in [5.41, 5.74) is 2.39. The minimum Gasteiger partial charge on any atom is -0.359 e. The fourth-order valence-corrected chi connectivity index (χ4v) is 6.44. The molecule has 6 rings (SSSR count). The van der Waals surface area contributed by atoms with Crippen LogP contribution in [0.1, 0.15) is 48.3 Å². The van der Waals surface area contributed by atoms with Crippen molar-refractivity contribution in [3.8, 4) is 0 Å². The summed E-state index contributed by atoms with van der Waals surface area (Å²) in [5.74, 6) is -0.528. The van der Waals surface area contributed by atoms with Crippen LogP contribution in [0.3, 0.4) is 0 Å². The van der Waals surface area contributed by atoms with Crippen LogP contribution in [0.25, 0.3) is 0 Å². The molecular formula is C28H30N2O3. The van der Waals surface area contributed by atoms with Crippen LogP contribution in [0.2, 0.25) is 0 Å². The van der Waals surface area contributed by atoms with Gasteiger partial charge in [-0.3, -0.25) is 9.59 Å². The number of likely N-dealkylation sites (tertiary alicyclic amines) is 1. The Hall–Kier alpha value is -2.92. The van der Waals surface area contributed by atoms with Crippen LogP contribution in [0, 0.1) is 12.8 Å². The van der Waals surface area contributed by atoms with Crippen LogP contribution < -0.4 is 5.32 Å². The SMILES string of the molecule is Cc1ccc(CN2C(=O)[C@H]3[C@@H](c4ccccc4)[C@H]4C=C[C@]3(O4)[C@H]2C(=O)NC2CCCC2)cc1. The molecule has 2 aromatic rings. The molecule has 3 heterocycles. The topological polar surface area (TPSA) is 58.6 Å². The summed E-state index contributed by atoms with van der Waals surface area (Å²) in [4.78, 5) is 29.5. The summed E-state index contributed by atoms with van der Waals surface area (Å²) >= 11 is 0. The van der Waals surface area contributed by atoms with Gasteiger partial charge >= 0.3 is 0 Å². The number of aryl methyl sites for hydroxylation is 1. The van der Waals surface area contributed by atoms with Gasteiger partial charge in [-0.2, -0.15) is 0 Å². The molecule has 1 N–H and O–H groups in total. The molecule has 2 saturated heterocycles. The van der Waals surface area contributed by atoms with E-state index in [2.05, 4.69) is 35.7 Å². The molecule has 170 valence electrons. The van der Waals surface area contributed by atoms with Gasteiger partial charge in [0.15, 0.2) is 0 Å². The number of rotatable bonds is 5. The van der Waals surface area contributed by atoms with Gasteiger partial charge in [0.05, 0.1) is 12.0 Å². The maximum absolute atomic E-state index is 14.0. The Morgan fingerprint density at radius 2 is 1.82 bits per heavy atom. The first-order chi connectivity index (χ1) is 16.1. The van der Waals surface area contributed by atoms with Crippen LogP contribution in [0.15, 0.2) is 66.7 Å². The zero-order valence-corrected chi connectivity index (χ0v) is 18.9. The molecule has 33 heavy (non-hydrogen) atoms. The predicted octanol–water partition coefficient (Wildman–Crippen LogP) is 3.87. The van der Waals surface area contributed by atoms with Crippen molar-refractivity contribution < 1.29 is 14.3 Å². The van der Waals surface area contributed by atoms with E-state index in [1.165, 1.54) is 5.56 Å². The highest BCUT2D eigenvalue weighted by atomic mass is 16.5. The smallest absolute Gasteiger partial charge is 0.246 e. The second-order valence-electron chi connectivity index (χ2n) is 10.1. The lowest BCUT2D eigenvalue weighted by Crippen LogP contribution is -2.55. The largest absolute Gasteiger partial charge is 0.359 e. The van der Waals surface area contributed by atoms with Crippen LogP contribution in [0.4, 0.5) is 0 Å². The summed E-state index contributed by atoms with van der Waals surface area (Å²) in [6.45, 7) is 2.46. The molecular weight excluding hydrogens is 412 g/mol. The van der Waals surface area contributed by atoms with Gasteiger partial charge in [-0.15, -0.1) is 0 Å². The highest BCUT2D eigenvalue weighted by Gasteiger charge is 2.71. The van der Waals surface area contributed by atoms with Crippen LogP contribution >= 0.6 is 0 Å². The van der Waals surface area contributed by atoms with Crippen LogP contribution in [-0.4, -0.2) is 40.5 Å². The average molecular weight is 443 g/mol. The molecule has 2 aromatic carbocycles. The average Bonchev–Trinajstić information content (AvgIpc) is 3.59. The standard InChI is InChI=1S/C28H30N2O3/c1-18-11-13-19(14-12-18)17-30-25(26(31)29-21-9-5-6-10-21)28-16-15-22(33-28)23(24(28)27(30)32)20-7-3-2-4-8-20/h2-4,7-8,11-16,21-25H,5-6,9-10,17H2,1H3,(H,29,31)/t22-,23+,24-,25-,28-/m1/s1. The number of hydrogen-bond acceptors (Lipinski definition) is 3. The Labute approximate surface area is 194 Å². The van der Waals surface area contributed by atoms with Gasteiger partial charge in [0.1, 0.15) is 11.6 Å². The van der Waals surface area contributed by atoms with E-state index in [1.54, 1.807) is 4.90 Å². The van der Waals surface area contributed by atoms with Crippen LogP contribution in [0.5, 0.6) is 0 Å². The predicted molar refractivity (Wildman–Crippen MR) is 125 cm³/mol. The van der Waals surface area contributed by atoms with E-state index < -0.39 is 11.6 Å². The van der Waals surface area contributed by atoms with Gasteiger partial charge in [0.2, 0.25) is 11.8 Å². The molecule has 5 atom stereocenters. The van der Waals surface area contributed by atoms with E-state index in [-0.39, 0.29) is 35.8 Å². The van der Waals surface area contributed by atoms with E-state index in [0.29, 0.717) is 6.54 Å². The van der Waals surface area contributed by atoms with Gasteiger partial charge < -0.3 is 15.0 Å². The van der Waals surface area contributed by atoms with Crippen molar-refractivity contribution in [1.29, 1.82) is 0 Å². The Kier molecular flexibility index (Phi) is 4.91. The van der Waals surface area contributed by atoms with Crippen molar-refractivity contribution >= 4 is 11.8 Å². The third-order valence-corrected chi connectivity index (χ3v) is 7.98. The summed E-state index contributed by atoms with van der Waals surface area (Å²) in [6, 6.07) is 17.9. The van der Waals surface area contributed by atoms with E-state index in [1.807, 2.05) is 43.3 Å². The van der Waals surface area contributed by atoms with Crippen molar-refractivity contribution in [3.05, 3.63) is 83.4 Å². The van der Waals surface area contributed by atoms with Crippen LogP contribution in [-0.2, 0) is 20.9 Å². The molecule has 3 aliphatic heterocycles. The number of benzene rings is 2. The molecule has 0 unspecified atom stereocenters. The van der Waals surface area contributed by atoms with E-state index in [4.69, 9.17) is 4.74 Å². The third-order valence-electron chi connectivity index (χ3n) is 7.98. The Morgan fingerprint density at radius 1 is 1.09 bits per heavy atom. The number of nitrogens with zero attached hydrogens (tertiary/aromatic N) is 1. The molecule has 2 amide bonds. The lowest BCUT2D eigenvalue weighted by atomic mass is 9.72. The molecule has 2 bridgehead atoms. The van der Waals surface area contributed by atoms with Gasteiger partial charge in [0.25, 0.3) is 0 Å². The minimum atomic E-state index is -0.907.